The van der Waals surface area contributed by atoms with Gasteiger partial charge in [-0.1, -0.05) is 18.9 Å². The summed E-state index contributed by atoms with van der Waals surface area (Å²) in [6.07, 6.45) is 3.11. The van der Waals surface area contributed by atoms with Gasteiger partial charge in [0.25, 0.3) is 0 Å². The molecule has 0 unspecified atom stereocenters. The molecule has 0 aromatic heterocycles. The second-order valence-electron chi connectivity index (χ2n) is 4.69. The fraction of sp³-hybridized carbons (Fsp3) is 0.538. The van der Waals surface area contributed by atoms with Gasteiger partial charge >= 0.3 is 0 Å². The van der Waals surface area contributed by atoms with Gasteiger partial charge in [0.05, 0.1) is 6.61 Å². The van der Waals surface area contributed by atoms with Gasteiger partial charge in [0.1, 0.15) is 11.6 Å². The molecule has 2 N–H and O–H groups in total. The molecule has 1 fully saturated rings. The molecule has 0 aliphatic heterocycles. The molecule has 2 nitrogen and oxygen atoms in total. The molecule has 1 aromatic carbocycles. The van der Waals surface area contributed by atoms with Crippen LogP contribution < -0.4 is 5.73 Å². The topological polar surface area (TPSA) is 35.2 Å². The van der Waals surface area contributed by atoms with Crippen LogP contribution in [0.1, 0.15) is 36.8 Å². The molecular weight excluding hydrogens is 224 g/mol. The highest BCUT2D eigenvalue weighted by Gasteiger charge is 2.36. The van der Waals surface area contributed by atoms with Crippen LogP contribution in [0, 0.1) is 11.6 Å². The van der Waals surface area contributed by atoms with Crippen molar-refractivity contribution in [2.75, 3.05) is 7.11 Å². The van der Waals surface area contributed by atoms with Gasteiger partial charge in [0.15, 0.2) is 0 Å². The van der Waals surface area contributed by atoms with Crippen LogP contribution in [0.5, 0.6) is 0 Å². The van der Waals surface area contributed by atoms with Gasteiger partial charge in [0.2, 0.25) is 0 Å². The van der Waals surface area contributed by atoms with Gasteiger partial charge < -0.3 is 10.5 Å². The number of hydrogen-bond donors (Lipinski definition) is 1. The van der Waals surface area contributed by atoms with E-state index in [1.165, 1.54) is 19.2 Å². The summed E-state index contributed by atoms with van der Waals surface area (Å²) in [6.45, 7) is 0.134. The van der Waals surface area contributed by atoms with Gasteiger partial charge in [-0.05, 0) is 18.9 Å². The van der Waals surface area contributed by atoms with Crippen molar-refractivity contribution in [3.05, 3.63) is 34.9 Å². The van der Waals surface area contributed by atoms with E-state index in [-0.39, 0.29) is 12.2 Å². The normalized spacial score (nSPS) is 18.6. The molecule has 1 aliphatic rings. The average Bonchev–Trinajstić information content (AvgIpc) is 2.70. The predicted octanol–water partition coefficient (Wildman–Crippen LogP) is 2.84. The van der Waals surface area contributed by atoms with Crippen LogP contribution in [0.15, 0.2) is 12.1 Å². The van der Waals surface area contributed by atoms with Crippen LogP contribution in [0.25, 0.3) is 0 Å². The van der Waals surface area contributed by atoms with E-state index in [1.807, 2.05) is 0 Å². The molecule has 0 bridgehead atoms. The van der Waals surface area contributed by atoms with Crippen LogP contribution in [0.4, 0.5) is 8.78 Å². The predicted molar refractivity (Wildman–Crippen MR) is 61.4 cm³/mol. The second-order valence-corrected chi connectivity index (χ2v) is 4.69. The molecule has 0 radical (unpaired) electrons. The number of hydrogen-bond acceptors (Lipinski definition) is 2. The first-order valence-electron chi connectivity index (χ1n) is 5.83. The van der Waals surface area contributed by atoms with Gasteiger partial charge in [-0.25, -0.2) is 8.78 Å². The summed E-state index contributed by atoms with van der Waals surface area (Å²) < 4.78 is 32.9. The number of methoxy groups -OCH3 is 1. The molecule has 0 atom stereocenters. The summed E-state index contributed by atoms with van der Waals surface area (Å²) in [7, 11) is 1.48. The van der Waals surface area contributed by atoms with Crippen molar-refractivity contribution < 1.29 is 13.5 Å². The van der Waals surface area contributed by atoms with Crippen molar-refractivity contribution in [2.45, 2.75) is 37.8 Å². The Morgan fingerprint density at radius 3 is 2.53 bits per heavy atom. The van der Waals surface area contributed by atoms with Crippen molar-refractivity contribution in [2.24, 2.45) is 5.73 Å². The molecule has 0 saturated heterocycles. The standard InChI is InChI=1S/C13H17F2NO/c1-17-8-9-4-5-10(14)11(12(9)15)13(16)6-2-3-7-13/h4-5H,2-3,6-8,16H2,1H3. The number of ether oxygens (including phenoxy) is 1. The highest BCUT2D eigenvalue weighted by Crippen LogP contribution is 2.39. The molecular formula is C13H17F2NO. The minimum Gasteiger partial charge on any atom is -0.380 e. The Kier molecular flexibility index (Phi) is 3.45. The van der Waals surface area contributed by atoms with Crippen LogP contribution in [0.3, 0.4) is 0 Å². The Morgan fingerprint density at radius 2 is 1.94 bits per heavy atom. The van der Waals surface area contributed by atoms with Gasteiger partial charge in [0, 0.05) is 23.8 Å². The molecule has 4 heteroatoms. The van der Waals surface area contributed by atoms with Crippen LogP contribution in [-0.4, -0.2) is 7.11 Å². The zero-order valence-corrected chi connectivity index (χ0v) is 9.93. The van der Waals surface area contributed by atoms with Crippen LogP contribution in [0.2, 0.25) is 0 Å². The zero-order chi connectivity index (χ0) is 12.5. The van der Waals surface area contributed by atoms with Crippen molar-refractivity contribution in [1.29, 1.82) is 0 Å². The lowest BCUT2D eigenvalue weighted by Crippen LogP contribution is -2.35. The van der Waals surface area contributed by atoms with E-state index in [0.717, 1.165) is 12.8 Å². The molecule has 94 valence electrons. The third kappa shape index (κ3) is 2.19. The number of halogens is 2. The molecule has 1 aromatic rings. The van der Waals surface area contributed by atoms with E-state index in [2.05, 4.69) is 0 Å². The number of rotatable bonds is 3. The first-order chi connectivity index (χ1) is 8.08. The quantitative estimate of drug-likeness (QED) is 0.883. The highest BCUT2D eigenvalue weighted by atomic mass is 19.1. The molecule has 0 amide bonds. The number of nitrogens with two attached hydrogens (primary N) is 1. The van der Waals surface area contributed by atoms with E-state index >= 15 is 0 Å². The van der Waals surface area contributed by atoms with E-state index in [4.69, 9.17) is 10.5 Å². The van der Waals surface area contributed by atoms with Gasteiger partial charge in [-0.3, -0.25) is 0 Å². The average molecular weight is 241 g/mol. The first kappa shape index (κ1) is 12.5. The largest absolute Gasteiger partial charge is 0.380 e. The summed E-state index contributed by atoms with van der Waals surface area (Å²) in [5.41, 5.74) is 5.67. The summed E-state index contributed by atoms with van der Waals surface area (Å²) in [4.78, 5) is 0. The lowest BCUT2D eigenvalue weighted by molar-refractivity contribution is 0.180. The fourth-order valence-electron chi connectivity index (χ4n) is 2.57. The third-order valence-electron chi connectivity index (χ3n) is 3.46. The lowest BCUT2D eigenvalue weighted by Gasteiger charge is -2.26. The summed E-state index contributed by atoms with van der Waals surface area (Å²) >= 11 is 0. The fourth-order valence-corrected chi connectivity index (χ4v) is 2.57. The van der Waals surface area contributed by atoms with Crippen molar-refractivity contribution in [1.82, 2.24) is 0 Å². The molecule has 2 rings (SSSR count). The zero-order valence-electron chi connectivity index (χ0n) is 9.93. The number of benzene rings is 1. The Balaban J connectivity index is 2.48. The maximum absolute atomic E-state index is 14.2. The van der Waals surface area contributed by atoms with Crippen LogP contribution in [-0.2, 0) is 16.9 Å². The Hall–Kier alpha value is -1.00. The second kappa shape index (κ2) is 4.70. The van der Waals surface area contributed by atoms with Crippen molar-refractivity contribution in [3.8, 4) is 0 Å². The third-order valence-corrected chi connectivity index (χ3v) is 3.46. The Labute approximate surface area is 99.8 Å². The monoisotopic (exact) mass is 241 g/mol. The van der Waals surface area contributed by atoms with Gasteiger partial charge in [-0.2, -0.15) is 0 Å². The minimum atomic E-state index is -0.849. The van der Waals surface area contributed by atoms with E-state index in [0.29, 0.717) is 18.4 Å². The smallest absolute Gasteiger partial charge is 0.136 e. The molecule has 17 heavy (non-hydrogen) atoms. The van der Waals surface area contributed by atoms with Crippen molar-refractivity contribution >= 4 is 0 Å². The van der Waals surface area contributed by atoms with E-state index in [9.17, 15) is 8.78 Å². The van der Waals surface area contributed by atoms with E-state index < -0.39 is 17.2 Å². The Morgan fingerprint density at radius 1 is 1.29 bits per heavy atom. The minimum absolute atomic E-state index is 0.0320. The molecule has 1 aliphatic carbocycles. The maximum atomic E-state index is 14.2. The van der Waals surface area contributed by atoms with Gasteiger partial charge in [-0.15, -0.1) is 0 Å². The summed E-state index contributed by atoms with van der Waals surface area (Å²) in [6, 6.07) is 2.69. The first-order valence-corrected chi connectivity index (χ1v) is 5.83. The lowest BCUT2D eigenvalue weighted by atomic mass is 9.87. The summed E-state index contributed by atoms with van der Waals surface area (Å²) in [5.74, 6) is -1.09. The van der Waals surface area contributed by atoms with E-state index in [1.54, 1.807) is 0 Å². The highest BCUT2D eigenvalue weighted by molar-refractivity contribution is 5.33. The summed E-state index contributed by atoms with van der Waals surface area (Å²) in [5, 5.41) is 0. The molecule has 1 saturated carbocycles. The Bertz CT molecular complexity index is 414. The maximum Gasteiger partial charge on any atom is 0.136 e. The van der Waals surface area contributed by atoms with Crippen LogP contribution >= 0.6 is 0 Å². The molecule has 0 heterocycles. The van der Waals surface area contributed by atoms with Crippen molar-refractivity contribution in [3.63, 3.8) is 0 Å². The molecule has 0 spiro atoms. The SMILES string of the molecule is COCc1ccc(F)c(C2(N)CCCC2)c1F.